The third-order valence-electron chi connectivity index (χ3n) is 15.7. The van der Waals surface area contributed by atoms with Gasteiger partial charge in [0.25, 0.3) is 0 Å². The summed E-state index contributed by atoms with van der Waals surface area (Å²) in [6, 6.07) is 0. The first-order chi connectivity index (χ1) is 37.3. The van der Waals surface area contributed by atoms with Crippen molar-refractivity contribution >= 4 is 19.8 Å². The number of hydrogen-bond acceptors (Lipinski definition) is 8. The summed E-state index contributed by atoms with van der Waals surface area (Å²) < 4.78 is 33.1. The summed E-state index contributed by atoms with van der Waals surface area (Å²) in [6.45, 7) is 3.82. The van der Waals surface area contributed by atoms with Crippen LogP contribution in [0.2, 0.25) is 0 Å². The van der Waals surface area contributed by atoms with Crippen LogP contribution in [0.1, 0.15) is 380 Å². The van der Waals surface area contributed by atoms with Gasteiger partial charge in [0.2, 0.25) is 0 Å². The maximum Gasteiger partial charge on any atom is 0.472 e. The molecular formula is C66H132NO8P. The molecule has 0 heterocycles. The molecule has 0 saturated carbocycles. The number of esters is 2. The van der Waals surface area contributed by atoms with Gasteiger partial charge >= 0.3 is 19.8 Å². The number of carbonyl (C=O) groups excluding carboxylic acids is 2. The molecule has 0 rings (SSSR count). The van der Waals surface area contributed by atoms with E-state index in [0.29, 0.717) is 6.42 Å². The summed E-state index contributed by atoms with van der Waals surface area (Å²) in [4.78, 5) is 35.2. The predicted molar refractivity (Wildman–Crippen MR) is 326 cm³/mol. The molecule has 2 unspecified atom stereocenters. The zero-order chi connectivity index (χ0) is 55.2. The molecule has 2 atom stereocenters. The van der Waals surface area contributed by atoms with Crippen LogP contribution in [-0.4, -0.2) is 49.3 Å². The SMILES string of the molecule is CCCCCCCCCCCCCCCCCCCCCCCCCCCCCCCCCCCCCCCCCCC(=O)OC(COC(=O)CCCCCCCCCCCCCCCCC)COP(=O)(O)OCCN. The van der Waals surface area contributed by atoms with Gasteiger partial charge in [0.15, 0.2) is 6.10 Å². The van der Waals surface area contributed by atoms with E-state index < -0.39 is 26.5 Å². The summed E-state index contributed by atoms with van der Waals surface area (Å²) >= 11 is 0. The molecule has 0 aromatic heterocycles. The lowest BCUT2D eigenvalue weighted by atomic mass is 10.0. The maximum absolute atomic E-state index is 12.7. The van der Waals surface area contributed by atoms with Crippen molar-refractivity contribution in [1.82, 2.24) is 0 Å². The number of unbranched alkanes of at least 4 members (excludes halogenated alkanes) is 53. The smallest absolute Gasteiger partial charge is 0.462 e. The minimum atomic E-state index is -4.38. The highest BCUT2D eigenvalue weighted by atomic mass is 31.2. The van der Waals surface area contributed by atoms with Crippen molar-refractivity contribution in [3.8, 4) is 0 Å². The molecule has 0 amide bonds. The number of hydrogen-bond donors (Lipinski definition) is 2. The van der Waals surface area contributed by atoms with E-state index in [1.54, 1.807) is 0 Å². The Labute approximate surface area is 473 Å². The Hall–Kier alpha value is -0.990. The Balaban J connectivity index is 3.68. The van der Waals surface area contributed by atoms with Crippen LogP contribution in [0.4, 0.5) is 0 Å². The molecule has 454 valence electrons. The lowest BCUT2D eigenvalue weighted by Crippen LogP contribution is -2.29. The van der Waals surface area contributed by atoms with Gasteiger partial charge in [-0.3, -0.25) is 18.6 Å². The first-order valence-electron chi connectivity index (χ1n) is 34.0. The molecule has 3 N–H and O–H groups in total. The Bertz CT molecular complexity index is 1210. The van der Waals surface area contributed by atoms with Crippen molar-refractivity contribution in [1.29, 1.82) is 0 Å². The molecule has 10 heteroatoms. The molecule has 0 aliphatic carbocycles. The summed E-state index contributed by atoms with van der Waals surface area (Å²) in [5, 5.41) is 0. The van der Waals surface area contributed by atoms with E-state index in [1.807, 2.05) is 0 Å². The minimum Gasteiger partial charge on any atom is -0.462 e. The first kappa shape index (κ1) is 75.0. The minimum absolute atomic E-state index is 0.0586. The van der Waals surface area contributed by atoms with Gasteiger partial charge in [-0.1, -0.05) is 354 Å². The van der Waals surface area contributed by atoms with Crippen molar-refractivity contribution in [3.05, 3.63) is 0 Å². The standard InChI is InChI=1S/C66H132NO8P/c1-3-5-7-9-11-13-15-17-19-20-21-22-23-24-25-26-27-28-29-30-31-32-33-34-35-36-37-38-39-40-41-42-43-45-47-49-51-53-55-57-59-66(69)75-64(63-74-76(70,71)73-61-60-67)62-72-65(68)58-56-54-52-50-48-46-44-18-16-14-12-10-8-6-4-2/h64H,3-63,67H2,1-2H3,(H,70,71). The first-order valence-corrected chi connectivity index (χ1v) is 35.5. The zero-order valence-electron chi connectivity index (χ0n) is 51.0. The molecule has 0 spiro atoms. The summed E-state index contributed by atoms with van der Waals surface area (Å²) in [7, 11) is -4.38. The van der Waals surface area contributed by atoms with Crippen molar-refractivity contribution in [3.63, 3.8) is 0 Å². The molecule has 76 heavy (non-hydrogen) atoms. The van der Waals surface area contributed by atoms with Crippen LogP contribution >= 0.6 is 7.82 Å². The van der Waals surface area contributed by atoms with E-state index in [1.165, 1.54) is 315 Å². The third kappa shape index (κ3) is 62.2. The number of phosphoric acid groups is 1. The third-order valence-corrected chi connectivity index (χ3v) is 16.7. The van der Waals surface area contributed by atoms with Crippen LogP contribution < -0.4 is 5.73 Å². The molecule has 0 saturated heterocycles. The van der Waals surface area contributed by atoms with E-state index in [2.05, 4.69) is 13.8 Å². The Morgan fingerprint density at radius 3 is 0.803 bits per heavy atom. The van der Waals surface area contributed by atoms with E-state index >= 15 is 0 Å². The maximum atomic E-state index is 12.7. The van der Waals surface area contributed by atoms with Gasteiger partial charge in [0, 0.05) is 19.4 Å². The number of carbonyl (C=O) groups is 2. The topological polar surface area (TPSA) is 134 Å². The van der Waals surface area contributed by atoms with E-state index in [4.69, 9.17) is 24.3 Å². The molecule has 0 bridgehead atoms. The average molecular weight is 1100 g/mol. The van der Waals surface area contributed by atoms with Crippen molar-refractivity contribution in [2.75, 3.05) is 26.4 Å². The van der Waals surface area contributed by atoms with Gasteiger partial charge in [0.05, 0.1) is 13.2 Å². The highest BCUT2D eigenvalue weighted by molar-refractivity contribution is 7.47. The second-order valence-electron chi connectivity index (χ2n) is 23.4. The fourth-order valence-electron chi connectivity index (χ4n) is 10.7. The normalized spacial score (nSPS) is 12.8. The molecule has 0 fully saturated rings. The van der Waals surface area contributed by atoms with Crippen LogP contribution in [0.5, 0.6) is 0 Å². The van der Waals surface area contributed by atoms with Crippen molar-refractivity contribution in [2.45, 2.75) is 386 Å². The van der Waals surface area contributed by atoms with Crippen LogP contribution in [-0.2, 0) is 32.7 Å². The molecular weight excluding hydrogens is 966 g/mol. The molecule has 0 aliphatic rings. The van der Waals surface area contributed by atoms with Crippen LogP contribution in [0.3, 0.4) is 0 Å². The van der Waals surface area contributed by atoms with Crippen molar-refractivity contribution in [2.24, 2.45) is 5.73 Å². The quantitative estimate of drug-likeness (QED) is 0.0347. The zero-order valence-corrected chi connectivity index (χ0v) is 51.9. The van der Waals surface area contributed by atoms with Gasteiger partial charge in [0.1, 0.15) is 6.61 Å². The van der Waals surface area contributed by atoms with E-state index in [0.717, 1.165) is 32.1 Å². The van der Waals surface area contributed by atoms with E-state index in [-0.39, 0.29) is 38.6 Å². The second-order valence-corrected chi connectivity index (χ2v) is 24.9. The van der Waals surface area contributed by atoms with Crippen LogP contribution in [0.15, 0.2) is 0 Å². The van der Waals surface area contributed by atoms with Crippen LogP contribution in [0.25, 0.3) is 0 Å². The number of ether oxygens (including phenoxy) is 2. The Morgan fingerprint density at radius 1 is 0.342 bits per heavy atom. The fraction of sp³-hybridized carbons (Fsp3) is 0.970. The fourth-order valence-corrected chi connectivity index (χ4v) is 11.5. The van der Waals surface area contributed by atoms with Crippen molar-refractivity contribution < 1.29 is 37.6 Å². The van der Waals surface area contributed by atoms with Gasteiger partial charge in [-0.2, -0.15) is 0 Å². The number of phosphoric ester groups is 1. The lowest BCUT2D eigenvalue weighted by molar-refractivity contribution is -0.161. The Kier molecular flexibility index (Phi) is 62.4. The predicted octanol–water partition coefficient (Wildman–Crippen LogP) is 21.8. The van der Waals surface area contributed by atoms with Gasteiger partial charge in [-0.05, 0) is 12.8 Å². The largest absolute Gasteiger partial charge is 0.472 e. The molecule has 0 aliphatic heterocycles. The highest BCUT2D eigenvalue weighted by Crippen LogP contribution is 2.43. The van der Waals surface area contributed by atoms with Gasteiger partial charge < -0.3 is 20.1 Å². The molecule has 0 aromatic carbocycles. The van der Waals surface area contributed by atoms with Gasteiger partial charge in [-0.25, -0.2) is 4.57 Å². The summed E-state index contributed by atoms with van der Waals surface area (Å²) in [5.41, 5.74) is 5.39. The molecule has 0 radical (unpaired) electrons. The number of rotatable bonds is 66. The highest BCUT2D eigenvalue weighted by Gasteiger charge is 2.26. The summed E-state index contributed by atoms with van der Waals surface area (Å²) in [6.07, 6.45) is 73.7. The van der Waals surface area contributed by atoms with E-state index in [9.17, 15) is 19.0 Å². The lowest BCUT2D eigenvalue weighted by Gasteiger charge is -2.19. The average Bonchev–Trinajstić information content (AvgIpc) is 3.41. The van der Waals surface area contributed by atoms with Gasteiger partial charge in [-0.15, -0.1) is 0 Å². The van der Waals surface area contributed by atoms with Crippen LogP contribution in [0, 0.1) is 0 Å². The molecule has 0 aromatic rings. The Morgan fingerprint density at radius 2 is 0.566 bits per heavy atom. The monoisotopic (exact) mass is 1100 g/mol. The number of nitrogens with two attached hydrogens (primary N) is 1. The summed E-state index contributed by atoms with van der Waals surface area (Å²) in [5.74, 6) is -0.802. The molecule has 9 nitrogen and oxygen atoms in total. The second kappa shape index (κ2) is 63.2.